The fourth-order valence-electron chi connectivity index (χ4n) is 2.83. The van der Waals surface area contributed by atoms with Crippen molar-refractivity contribution in [1.82, 2.24) is 15.6 Å². The van der Waals surface area contributed by atoms with E-state index in [4.69, 9.17) is 0 Å². The minimum Gasteiger partial charge on any atom is -0.370 e. The highest BCUT2D eigenvalue weighted by Gasteiger charge is 2.05. The number of aromatic nitrogens is 1. The van der Waals surface area contributed by atoms with Gasteiger partial charge in [-0.3, -0.25) is 4.99 Å². The third kappa shape index (κ3) is 7.53. The van der Waals surface area contributed by atoms with E-state index in [0.717, 1.165) is 31.4 Å². The summed E-state index contributed by atoms with van der Waals surface area (Å²) in [6.07, 6.45) is 1.84. The molecule has 2 aromatic rings. The number of benzene rings is 1. The highest BCUT2D eigenvalue weighted by atomic mass is 127. The number of hydrogen-bond acceptors (Lipinski definition) is 4. The number of nitrogens with zero attached hydrogens (tertiary/aromatic N) is 4. The Kier molecular flexibility index (Phi) is 10.7. The van der Waals surface area contributed by atoms with Crippen LogP contribution in [0.15, 0.2) is 47.6 Å². The van der Waals surface area contributed by atoms with Gasteiger partial charge in [-0.25, -0.2) is 4.98 Å². The first kappa shape index (κ1) is 24.0. The second-order valence-electron chi connectivity index (χ2n) is 6.69. The van der Waals surface area contributed by atoms with E-state index in [-0.39, 0.29) is 24.0 Å². The Balaban J connectivity index is 0.00000392. The molecule has 0 saturated carbocycles. The molecule has 0 aliphatic heterocycles. The smallest absolute Gasteiger partial charge is 0.191 e. The van der Waals surface area contributed by atoms with E-state index in [9.17, 15) is 0 Å². The standard InChI is InChI=1S/C21H32N6.HI/c1-6-27(19-9-7-8-17(2)14-19)13-12-24-21(22-3)25-16-18-10-11-23-20(15-18)26(4)5;/h7-11,14-15H,6,12-13,16H2,1-5H3,(H2,22,24,25);1H. The number of rotatable bonds is 8. The zero-order valence-electron chi connectivity index (χ0n) is 17.6. The molecule has 0 fully saturated rings. The number of guanidine groups is 1. The fourth-order valence-corrected chi connectivity index (χ4v) is 2.83. The molecule has 0 atom stereocenters. The Bertz CT molecular complexity index is 747. The summed E-state index contributed by atoms with van der Waals surface area (Å²) in [6, 6.07) is 12.7. The number of hydrogen-bond donors (Lipinski definition) is 2. The first-order valence-corrected chi connectivity index (χ1v) is 9.42. The monoisotopic (exact) mass is 496 g/mol. The van der Waals surface area contributed by atoms with Crippen LogP contribution in [0.3, 0.4) is 0 Å². The number of aliphatic imine (C=N–C) groups is 1. The Morgan fingerprint density at radius 2 is 1.93 bits per heavy atom. The summed E-state index contributed by atoms with van der Waals surface area (Å²) < 4.78 is 0. The van der Waals surface area contributed by atoms with Crippen molar-refractivity contribution in [2.45, 2.75) is 20.4 Å². The number of pyridine rings is 1. The predicted molar refractivity (Wildman–Crippen MR) is 131 cm³/mol. The SMILES string of the molecule is CCN(CCNC(=NC)NCc1ccnc(N(C)C)c1)c1cccc(C)c1.I. The van der Waals surface area contributed by atoms with Crippen LogP contribution in [0.2, 0.25) is 0 Å². The summed E-state index contributed by atoms with van der Waals surface area (Å²) in [5, 5.41) is 6.76. The molecule has 1 aromatic heterocycles. The van der Waals surface area contributed by atoms with Gasteiger partial charge in [-0.15, -0.1) is 24.0 Å². The summed E-state index contributed by atoms with van der Waals surface area (Å²) >= 11 is 0. The van der Waals surface area contributed by atoms with Crippen molar-refractivity contribution in [1.29, 1.82) is 0 Å². The van der Waals surface area contributed by atoms with Crippen molar-refractivity contribution in [3.05, 3.63) is 53.7 Å². The van der Waals surface area contributed by atoms with Gasteiger partial charge < -0.3 is 20.4 Å². The maximum absolute atomic E-state index is 4.35. The molecule has 0 unspecified atom stereocenters. The number of nitrogens with one attached hydrogen (secondary N) is 2. The first-order valence-electron chi connectivity index (χ1n) is 9.42. The summed E-state index contributed by atoms with van der Waals surface area (Å²) in [7, 11) is 5.78. The zero-order chi connectivity index (χ0) is 19.6. The molecule has 2 N–H and O–H groups in total. The van der Waals surface area contributed by atoms with Crippen LogP contribution < -0.4 is 20.4 Å². The van der Waals surface area contributed by atoms with Gasteiger partial charge in [0.1, 0.15) is 5.82 Å². The maximum Gasteiger partial charge on any atom is 0.191 e. The molecular weight excluding hydrogens is 463 g/mol. The van der Waals surface area contributed by atoms with Crippen LogP contribution in [0.25, 0.3) is 0 Å². The average molecular weight is 496 g/mol. The Morgan fingerprint density at radius 1 is 1.14 bits per heavy atom. The second-order valence-corrected chi connectivity index (χ2v) is 6.69. The van der Waals surface area contributed by atoms with Crippen LogP contribution in [-0.2, 0) is 6.54 Å². The van der Waals surface area contributed by atoms with E-state index in [2.05, 4.69) is 69.7 Å². The van der Waals surface area contributed by atoms with Crippen LogP contribution in [0.4, 0.5) is 11.5 Å². The molecule has 0 spiro atoms. The van der Waals surface area contributed by atoms with E-state index in [1.54, 1.807) is 7.05 Å². The molecule has 2 rings (SSSR count). The molecule has 1 heterocycles. The van der Waals surface area contributed by atoms with E-state index in [1.807, 2.05) is 31.3 Å². The van der Waals surface area contributed by atoms with Gasteiger partial charge in [-0.2, -0.15) is 0 Å². The van der Waals surface area contributed by atoms with Gasteiger partial charge in [0.2, 0.25) is 0 Å². The number of likely N-dealkylation sites (N-methyl/N-ethyl adjacent to an activating group) is 1. The molecule has 0 bridgehead atoms. The quantitative estimate of drug-likeness (QED) is 0.334. The molecule has 1 aromatic carbocycles. The molecule has 6 nitrogen and oxygen atoms in total. The van der Waals surface area contributed by atoms with Gasteiger partial charge in [0.15, 0.2) is 5.96 Å². The predicted octanol–water partition coefficient (Wildman–Crippen LogP) is 3.27. The minimum absolute atomic E-state index is 0. The Morgan fingerprint density at radius 3 is 2.57 bits per heavy atom. The van der Waals surface area contributed by atoms with Gasteiger partial charge in [0.25, 0.3) is 0 Å². The summed E-state index contributed by atoms with van der Waals surface area (Å²) in [5.74, 6) is 1.76. The maximum atomic E-state index is 4.35. The molecule has 154 valence electrons. The minimum atomic E-state index is 0. The van der Waals surface area contributed by atoms with Crippen LogP contribution in [0.5, 0.6) is 0 Å². The van der Waals surface area contributed by atoms with Crippen molar-refractivity contribution >= 4 is 41.4 Å². The van der Waals surface area contributed by atoms with Crippen LogP contribution in [0.1, 0.15) is 18.1 Å². The van der Waals surface area contributed by atoms with E-state index in [0.29, 0.717) is 6.54 Å². The van der Waals surface area contributed by atoms with Gasteiger partial charge >= 0.3 is 0 Å². The number of halogens is 1. The van der Waals surface area contributed by atoms with Gasteiger partial charge in [-0.05, 0) is 49.2 Å². The Hall–Kier alpha value is -2.03. The zero-order valence-corrected chi connectivity index (χ0v) is 19.9. The lowest BCUT2D eigenvalue weighted by molar-refractivity contribution is 0.749. The van der Waals surface area contributed by atoms with Crippen molar-refractivity contribution in [2.75, 3.05) is 50.6 Å². The van der Waals surface area contributed by atoms with E-state index in [1.165, 1.54) is 16.8 Å². The third-order valence-corrected chi connectivity index (χ3v) is 4.37. The molecule has 0 saturated heterocycles. The normalized spacial score (nSPS) is 10.8. The number of anilines is 2. The van der Waals surface area contributed by atoms with Crippen molar-refractivity contribution < 1.29 is 0 Å². The highest BCUT2D eigenvalue weighted by Crippen LogP contribution is 2.15. The topological polar surface area (TPSA) is 55.8 Å². The first-order chi connectivity index (χ1) is 13.0. The molecule has 7 heteroatoms. The second kappa shape index (κ2) is 12.4. The molecular formula is C21H33IN6. The van der Waals surface area contributed by atoms with E-state index >= 15 is 0 Å². The third-order valence-electron chi connectivity index (χ3n) is 4.37. The largest absolute Gasteiger partial charge is 0.370 e. The van der Waals surface area contributed by atoms with Gasteiger partial charge in [0, 0.05) is 59.2 Å². The van der Waals surface area contributed by atoms with Crippen molar-refractivity contribution in [3.8, 4) is 0 Å². The Labute approximate surface area is 186 Å². The fraction of sp³-hybridized carbons (Fsp3) is 0.429. The van der Waals surface area contributed by atoms with Crippen LogP contribution in [0, 0.1) is 6.92 Å². The average Bonchev–Trinajstić information content (AvgIpc) is 2.67. The molecule has 0 amide bonds. The van der Waals surface area contributed by atoms with Crippen molar-refractivity contribution in [3.63, 3.8) is 0 Å². The van der Waals surface area contributed by atoms with Crippen molar-refractivity contribution in [2.24, 2.45) is 4.99 Å². The number of aryl methyl sites for hydroxylation is 1. The molecule has 0 aliphatic carbocycles. The summed E-state index contributed by atoms with van der Waals surface area (Å²) in [4.78, 5) is 13.0. The molecule has 0 radical (unpaired) electrons. The van der Waals surface area contributed by atoms with Gasteiger partial charge in [-0.1, -0.05) is 12.1 Å². The lowest BCUT2D eigenvalue weighted by Crippen LogP contribution is -2.41. The van der Waals surface area contributed by atoms with Crippen LogP contribution >= 0.6 is 24.0 Å². The van der Waals surface area contributed by atoms with Crippen LogP contribution in [-0.4, -0.2) is 51.7 Å². The lowest BCUT2D eigenvalue weighted by atomic mass is 10.2. The summed E-state index contributed by atoms with van der Waals surface area (Å²) in [6.45, 7) is 7.73. The summed E-state index contributed by atoms with van der Waals surface area (Å²) in [5.41, 5.74) is 3.72. The van der Waals surface area contributed by atoms with E-state index < -0.39 is 0 Å². The lowest BCUT2D eigenvalue weighted by Gasteiger charge is -2.24. The molecule has 28 heavy (non-hydrogen) atoms. The van der Waals surface area contributed by atoms with Gasteiger partial charge in [0.05, 0.1) is 0 Å². The highest BCUT2D eigenvalue weighted by molar-refractivity contribution is 14.0. The molecule has 0 aliphatic rings.